The summed E-state index contributed by atoms with van der Waals surface area (Å²) in [7, 11) is 0. The summed E-state index contributed by atoms with van der Waals surface area (Å²) in [4.78, 5) is 0. The Morgan fingerprint density at radius 3 is 2.89 bits per heavy atom. The van der Waals surface area contributed by atoms with Crippen LogP contribution in [0.25, 0.3) is 11.0 Å². The number of furan rings is 1. The predicted octanol–water partition coefficient (Wildman–Crippen LogP) is 4.01. The molecule has 1 aromatic heterocycles. The standard InChI is InChI=1S/C15H18FNO/c1-9-3-2-4-12(9)15(17)14-8-10-7-11(16)5-6-13(10)18-14/h5-9,12,15H,2-4,17H2,1H3. The molecule has 1 fully saturated rings. The first kappa shape index (κ1) is 11.7. The van der Waals surface area contributed by atoms with Gasteiger partial charge in [-0.3, -0.25) is 0 Å². The molecule has 1 aliphatic rings. The molecule has 1 heterocycles. The van der Waals surface area contributed by atoms with Crippen LogP contribution in [-0.2, 0) is 0 Å². The maximum absolute atomic E-state index is 13.1. The number of nitrogens with two attached hydrogens (primary N) is 1. The van der Waals surface area contributed by atoms with Crippen molar-refractivity contribution in [3.63, 3.8) is 0 Å². The molecule has 3 atom stereocenters. The summed E-state index contributed by atoms with van der Waals surface area (Å²) in [5, 5.41) is 0.797. The molecule has 3 heteroatoms. The first-order valence-electron chi connectivity index (χ1n) is 6.60. The second kappa shape index (κ2) is 4.39. The lowest BCUT2D eigenvalue weighted by Crippen LogP contribution is -2.22. The summed E-state index contributed by atoms with van der Waals surface area (Å²) in [5.74, 6) is 1.67. The third-order valence-electron chi connectivity index (χ3n) is 4.22. The Kier molecular flexibility index (Phi) is 2.86. The number of rotatable bonds is 2. The summed E-state index contributed by atoms with van der Waals surface area (Å²) < 4.78 is 18.9. The molecule has 2 aromatic rings. The summed E-state index contributed by atoms with van der Waals surface area (Å²) in [5.41, 5.74) is 7.02. The van der Waals surface area contributed by atoms with Crippen LogP contribution < -0.4 is 5.73 Å². The molecule has 0 amide bonds. The number of benzene rings is 1. The van der Waals surface area contributed by atoms with E-state index in [0.29, 0.717) is 17.4 Å². The summed E-state index contributed by atoms with van der Waals surface area (Å²) >= 11 is 0. The quantitative estimate of drug-likeness (QED) is 0.870. The van der Waals surface area contributed by atoms with Gasteiger partial charge in [0, 0.05) is 5.39 Å². The molecule has 0 radical (unpaired) electrons. The molecule has 1 aliphatic carbocycles. The Bertz CT molecular complexity index is 563. The van der Waals surface area contributed by atoms with Gasteiger partial charge in [-0.25, -0.2) is 4.39 Å². The third kappa shape index (κ3) is 1.93. The second-order valence-electron chi connectivity index (χ2n) is 5.43. The van der Waals surface area contributed by atoms with E-state index in [1.54, 1.807) is 6.07 Å². The van der Waals surface area contributed by atoms with Crippen LogP contribution in [0.4, 0.5) is 4.39 Å². The Morgan fingerprint density at radius 1 is 1.33 bits per heavy atom. The summed E-state index contributed by atoms with van der Waals surface area (Å²) in [6, 6.07) is 6.39. The van der Waals surface area contributed by atoms with E-state index < -0.39 is 0 Å². The van der Waals surface area contributed by atoms with E-state index in [4.69, 9.17) is 10.2 Å². The van der Waals surface area contributed by atoms with Crippen molar-refractivity contribution in [1.82, 2.24) is 0 Å². The topological polar surface area (TPSA) is 39.2 Å². The van der Waals surface area contributed by atoms with Crippen molar-refractivity contribution in [1.29, 1.82) is 0 Å². The monoisotopic (exact) mass is 247 g/mol. The molecule has 1 aromatic carbocycles. The number of fused-ring (bicyclic) bond motifs is 1. The van der Waals surface area contributed by atoms with Gasteiger partial charge in [-0.1, -0.05) is 19.8 Å². The van der Waals surface area contributed by atoms with Gasteiger partial charge in [0.2, 0.25) is 0 Å². The first-order chi connectivity index (χ1) is 8.65. The highest BCUT2D eigenvalue weighted by molar-refractivity contribution is 5.78. The highest BCUT2D eigenvalue weighted by Crippen LogP contribution is 2.40. The fraction of sp³-hybridized carbons (Fsp3) is 0.467. The van der Waals surface area contributed by atoms with Gasteiger partial charge in [0.15, 0.2) is 0 Å². The number of hydrogen-bond donors (Lipinski definition) is 1. The van der Waals surface area contributed by atoms with E-state index in [9.17, 15) is 4.39 Å². The van der Waals surface area contributed by atoms with E-state index in [2.05, 4.69) is 6.92 Å². The van der Waals surface area contributed by atoms with E-state index in [0.717, 1.165) is 17.6 Å². The van der Waals surface area contributed by atoms with Crippen LogP contribution in [-0.4, -0.2) is 0 Å². The van der Waals surface area contributed by atoms with Crippen LogP contribution in [0.5, 0.6) is 0 Å². The third-order valence-corrected chi connectivity index (χ3v) is 4.22. The molecule has 0 spiro atoms. The van der Waals surface area contributed by atoms with Gasteiger partial charge in [-0.2, -0.15) is 0 Å². The summed E-state index contributed by atoms with van der Waals surface area (Å²) in [6.45, 7) is 2.25. The van der Waals surface area contributed by atoms with E-state index in [-0.39, 0.29) is 11.9 Å². The van der Waals surface area contributed by atoms with Crippen LogP contribution in [0.2, 0.25) is 0 Å². The van der Waals surface area contributed by atoms with Crippen molar-refractivity contribution >= 4 is 11.0 Å². The predicted molar refractivity (Wildman–Crippen MR) is 69.6 cm³/mol. The van der Waals surface area contributed by atoms with Gasteiger partial charge < -0.3 is 10.2 Å². The molecular weight excluding hydrogens is 229 g/mol. The van der Waals surface area contributed by atoms with E-state index >= 15 is 0 Å². The maximum Gasteiger partial charge on any atom is 0.134 e. The average Bonchev–Trinajstić information content (AvgIpc) is 2.93. The average molecular weight is 247 g/mol. The van der Waals surface area contributed by atoms with Gasteiger partial charge in [0.1, 0.15) is 17.2 Å². The fourth-order valence-corrected chi connectivity index (χ4v) is 3.12. The van der Waals surface area contributed by atoms with Gasteiger partial charge >= 0.3 is 0 Å². The van der Waals surface area contributed by atoms with Crippen LogP contribution in [0.15, 0.2) is 28.7 Å². The second-order valence-corrected chi connectivity index (χ2v) is 5.43. The zero-order chi connectivity index (χ0) is 12.7. The lowest BCUT2D eigenvalue weighted by Gasteiger charge is -2.21. The zero-order valence-corrected chi connectivity index (χ0v) is 10.5. The smallest absolute Gasteiger partial charge is 0.134 e. The molecule has 3 unspecified atom stereocenters. The molecule has 18 heavy (non-hydrogen) atoms. The van der Waals surface area contributed by atoms with Gasteiger partial charge in [-0.05, 0) is 42.5 Å². The van der Waals surface area contributed by atoms with Crippen molar-refractivity contribution in [2.75, 3.05) is 0 Å². The van der Waals surface area contributed by atoms with Crippen molar-refractivity contribution in [2.45, 2.75) is 32.2 Å². The molecule has 1 saturated carbocycles. The summed E-state index contributed by atoms with van der Waals surface area (Å²) in [6.07, 6.45) is 3.65. The van der Waals surface area contributed by atoms with Gasteiger partial charge in [0.25, 0.3) is 0 Å². The Labute approximate surface area is 106 Å². The number of halogens is 1. The molecule has 2 nitrogen and oxygen atoms in total. The molecule has 96 valence electrons. The zero-order valence-electron chi connectivity index (χ0n) is 10.5. The fourth-order valence-electron chi connectivity index (χ4n) is 3.12. The lowest BCUT2D eigenvalue weighted by atomic mass is 9.89. The highest BCUT2D eigenvalue weighted by Gasteiger charge is 2.31. The minimum Gasteiger partial charge on any atom is -0.459 e. The minimum atomic E-state index is -0.238. The van der Waals surface area contributed by atoms with Crippen LogP contribution in [0.1, 0.15) is 38.0 Å². The van der Waals surface area contributed by atoms with Crippen LogP contribution in [0.3, 0.4) is 0 Å². The van der Waals surface area contributed by atoms with Crippen LogP contribution in [0, 0.1) is 17.7 Å². The van der Waals surface area contributed by atoms with Crippen molar-refractivity contribution in [3.8, 4) is 0 Å². The van der Waals surface area contributed by atoms with Gasteiger partial charge in [-0.15, -0.1) is 0 Å². The number of hydrogen-bond acceptors (Lipinski definition) is 2. The molecule has 2 N–H and O–H groups in total. The largest absolute Gasteiger partial charge is 0.459 e. The van der Waals surface area contributed by atoms with Crippen LogP contribution >= 0.6 is 0 Å². The molecule has 0 bridgehead atoms. The Hall–Kier alpha value is -1.35. The molecular formula is C15H18FNO. The van der Waals surface area contributed by atoms with Crippen molar-refractivity contribution in [2.24, 2.45) is 17.6 Å². The van der Waals surface area contributed by atoms with E-state index in [1.165, 1.54) is 25.0 Å². The van der Waals surface area contributed by atoms with E-state index in [1.807, 2.05) is 6.07 Å². The SMILES string of the molecule is CC1CCCC1C(N)c1cc2cc(F)ccc2o1. The maximum atomic E-state index is 13.1. The normalized spacial score (nSPS) is 25.7. The minimum absolute atomic E-state index is 0.0713. The highest BCUT2D eigenvalue weighted by atomic mass is 19.1. The van der Waals surface area contributed by atoms with Crippen molar-refractivity contribution < 1.29 is 8.81 Å². The Balaban J connectivity index is 1.93. The Morgan fingerprint density at radius 2 is 2.17 bits per heavy atom. The molecule has 0 aliphatic heterocycles. The first-order valence-corrected chi connectivity index (χ1v) is 6.60. The van der Waals surface area contributed by atoms with Gasteiger partial charge in [0.05, 0.1) is 6.04 Å². The lowest BCUT2D eigenvalue weighted by molar-refractivity contribution is 0.316. The van der Waals surface area contributed by atoms with Crippen molar-refractivity contribution in [3.05, 3.63) is 35.8 Å². The molecule has 3 rings (SSSR count). The molecule has 0 saturated heterocycles.